The summed E-state index contributed by atoms with van der Waals surface area (Å²) in [5, 5.41) is 11.0. The van der Waals surface area contributed by atoms with Crippen LogP contribution in [0.3, 0.4) is 0 Å². The largest absolute Gasteiger partial charge is 0.336 e. The molecule has 0 spiro atoms. The first-order valence-electron chi connectivity index (χ1n) is 7.29. The van der Waals surface area contributed by atoms with E-state index in [9.17, 15) is 14.9 Å². The minimum atomic E-state index is -0.472. The zero-order chi connectivity index (χ0) is 15.4. The molecule has 1 saturated heterocycles. The van der Waals surface area contributed by atoms with Crippen molar-refractivity contribution in [3.8, 4) is 0 Å². The Labute approximate surface area is 132 Å². The minimum absolute atomic E-state index is 0.0649. The lowest BCUT2D eigenvalue weighted by Gasteiger charge is -2.35. The van der Waals surface area contributed by atoms with Crippen LogP contribution in [0.25, 0.3) is 0 Å². The van der Waals surface area contributed by atoms with Crippen LogP contribution in [-0.2, 0) is 0 Å². The maximum Gasteiger partial charge on any atom is 0.284 e. The van der Waals surface area contributed by atoms with Crippen molar-refractivity contribution >= 4 is 27.5 Å². The third kappa shape index (κ3) is 3.61. The average Bonchev–Trinajstić information content (AvgIpc) is 2.47. The third-order valence-corrected chi connectivity index (χ3v) is 4.57. The molecule has 1 aliphatic heterocycles. The Bertz CT molecular complexity index is 546. The molecule has 1 aromatic carbocycles. The zero-order valence-corrected chi connectivity index (χ0v) is 13.6. The standard InChI is InChI=1S/C15H19BrN2O3/c1-2-5-12-6-3-4-9-17(12)15(19)11-7-8-13(16)14(10-11)18(20)21/h7-8,10,12H,2-6,9H2,1H3. The first-order valence-corrected chi connectivity index (χ1v) is 8.08. The van der Waals surface area contributed by atoms with E-state index >= 15 is 0 Å². The van der Waals surface area contributed by atoms with Crippen molar-refractivity contribution in [3.63, 3.8) is 0 Å². The quantitative estimate of drug-likeness (QED) is 0.602. The summed E-state index contributed by atoms with van der Waals surface area (Å²) < 4.78 is 0.396. The molecule has 0 radical (unpaired) electrons. The summed E-state index contributed by atoms with van der Waals surface area (Å²) in [7, 11) is 0. The van der Waals surface area contributed by atoms with E-state index in [4.69, 9.17) is 0 Å². The summed E-state index contributed by atoms with van der Waals surface area (Å²) in [5.41, 5.74) is 0.331. The van der Waals surface area contributed by atoms with Gasteiger partial charge in [0.2, 0.25) is 0 Å². The molecule has 5 nitrogen and oxygen atoms in total. The number of piperidine rings is 1. The number of carbonyl (C=O) groups is 1. The summed E-state index contributed by atoms with van der Waals surface area (Å²) >= 11 is 3.15. The maximum atomic E-state index is 12.7. The van der Waals surface area contributed by atoms with Crippen LogP contribution in [0.1, 0.15) is 49.4 Å². The molecule has 0 bridgehead atoms. The average molecular weight is 355 g/mol. The van der Waals surface area contributed by atoms with E-state index in [1.807, 2.05) is 4.90 Å². The predicted molar refractivity (Wildman–Crippen MR) is 84.4 cm³/mol. The van der Waals surface area contributed by atoms with Crippen molar-refractivity contribution < 1.29 is 9.72 Å². The number of carbonyl (C=O) groups excluding carboxylic acids is 1. The van der Waals surface area contributed by atoms with Gasteiger partial charge in [-0.25, -0.2) is 0 Å². The predicted octanol–water partition coefficient (Wildman–Crippen LogP) is 4.15. The molecule has 1 unspecified atom stereocenters. The van der Waals surface area contributed by atoms with Crippen molar-refractivity contribution in [3.05, 3.63) is 38.3 Å². The molecule has 0 aromatic heterocycles. The zero-order valence-electron chi connectivity index (χ0n) is 12.0. The van der Waals surface area contributed by atoms with Crippen molar-refractivity contribution in [2.45, 2.75) is 45.1 Å². The monoisotopic (exact) mass is 354 g/mol. The van der Waals surface area contributed by atoms with Crippen molar-refractivity contribution in [1.82, 2.24) is 4.90 Å². The molecule has 1 fully saturated rings. The Morgan fingerprint density at radius 2 is 2.24 bits per heavy atom. The molecule has 21 heavy (non-hydrogen) atoms. The topological polar surface area (TPSA) is 63.5 Å². The lowest BCUT2D eigenvalue weighted by atomic mass is 9.97. The molecule has 1 heterocycles. The molecule has 0 aliphatic carbocycles. The van der Waals surface area contributed by atoms with E-state index in [0.29, 0.717) is 10.0 Å². The van der Waals surface area contributed by atoms with Crippen LogP contribution in [0.5, 0.6) is 0 Å². The summed E-state index contributed by atoms with van der Waals surface area (Å²) in [6.45, 7) is 2.86. The smallest absolute Gasteiger partial charge is 0.284 e. The van der Waals surface area contributed by atoms with Gasteiger partial charge in [0.15, 0.2) is 0 Å². The summed E-state index contributed by atoms with van der Waals surface area (Å²) in [6, 6.07) is 4.85. The Morgan fingerprint density at radius 1 is 1.48 bits per heavy atom. The molecule has 2 rings (SSSR count). The highest BCUT2D eigenvalue weighted by atomic mass is 79.9. The van der Waals surface area contributed by atoms with E-state index in [1.54, 1.807) is 12.1 Å². The summed E-state index contributed by atoms with van der Waals surface area (Å²) in [4.78, 5) is 25.1. The number of benzene rings is 1. The third-order valence-electron chi connectivity index (χ3n) is 3.90. The molecular weight excluding hydrogens is 336 g/mol. The summed E-state index contributed by atoms with van der Waals surface area (Å²) in [6.07, 6.45) is 5.21. The molecule has 0 N–H and O–H groups in total. The van der Waals surface area contributed by atoms with Gasteiger partial charge in [-0.3, -0.25) is 14.9 Å². The molecule has 6 heteroatoms. The highest BCUT2D eigenvalue weighted by molar-refractivity contribution is 9.10. The first-order chi connectivity index (χ1) is 10.0. The van der Waals surface area contributed by atoms with E-state index in [-0.39, 0.29) is 17.6 Å². The number of amides is 1. The Morgan fingerprint density at radius 3 is 2.90 bits per heavy atom. The van der Waals surface area contributed by atoms with Gasteiger partial charge in [-0.05, 0) is 53.7 Å². The van der Waals surface area contributed by atoms with E-state index in [1.165, 1.54) is 6.07 Å². The van der Waals surface area contributed by atoms with Gasteiger partial charge < -0.3 is 4.90 Å². The van der Waals surface area contributed by atoms with Gasteiger partial charge in [0.25, 0.3) is 11.6 Å². The molecule has 1 amide bonds. The molecule has 114 valence electrons. The van der Waals surface area contributed by atoms with E-state index in [0.717, 1.165) is 38.6 Å². The lowest BCUT2D eigenvalue weighted by Crippen LogP contribution is -2.43. The number of rotatable bonds is 4. The molecule has 1 aliphatic rings. The lowest BCUT2D eigenvalue weighted by molar-refractivity contribution is -0.385. The first kappa shape index (κ1) is 15.9. The fourth-order valence-electron chi connectivity index (χ4n) is 2.85. The van der Waals surface area contributed by atoms with E-state index in [2.05, 4.69) is 22.9 Å². The second-order valence-electron chi connectivity index (χ2n) is 5.36. The summed E-state index contributed by atoms with van der Waals surface area (Å²) in [5.74, 6) is -0.0937. The number of hydrogen-bond acceptors (Lipinski definition) is 3. The number of nitrogens with zero attached hydrogens (tertiary/aromatic N) is 2. The number of nitro benzene ring substituents is 1. The van der Waals surface area contributed by atoms with Crippen molar-refractivity contribution in [2.75, 3.05) is 6.54 Å². The SMILES string of the molecule is CCCC1CCCCN1C(=O)c1ccc(Br)c([N+](=O)[O-])c1. The van der Waals surface area contributed by atoms with Crippen LogP contribution in [0.15, 0.2) is 22.7 Å². The van der Waals surface area contributed by atoms with Crippen LogP contribution in [0.2, 0.25) is 0 Å². The highest BCUT2D eigenvalue weighted by Gasteiger charge is 2.28. The normalized spacial score (nSPS) is 18.6. The molecular formula is C15H19BrN2O3. The van der Waals surface area contributed by atoms with Crippen LogP contribution >= 0.6 is 15.9 Å². The Hall–Kier alpha value is -1.43. The van der Waals surface area contributed by atoms with Crippen LogP contribution < -0.4 is 0 Å². The van der Waals surface area contributed by atoms with Crippen molar-refractivity contribution in [2.24, 2.45) is 0 Å². The van der Waals surface area contributed by atoms with Gasteiger partial charge >= 0.3 is 0 Å². The minimum Gasteiger partial charge on any atom is -0.336 e. The number of halogens is 1. The molecule has 0 saturated carbocycles. The van der Waals surface area contributed by atoms with Crippen LogP contribution in [-0.4, -0.2) is 28.3 Å². The molecule has 1 atom stereocenters. The maximum absolute atomic E-state index is 12.7. The van der Waals surface area contributed by atoms with Crippen LogP contribution in [0, 0.1) is 10.1 Å². The second kappa shape index (κ2) is 7.02. The van der Waals surface area contributed by atoms with Gasteiger partial charge in [-0.15, -0.1) is 0 Å². The second-order valence-corrected chi connectivity index (χ2v) is 6.21. The Kier molecular flexibility index (Phi) is 5.33. The molecule has 1 aromatic rings. The number of hydrogen-bond donors (Lipinski definition) is 0. The van der Waals surface area contributed by atoms with Gasteiger partial charge in [-0.2, -0.15) is 0 Å². The fourth-order valence-corrected chi connectivity index (χ4v) is 3.24. The number of likely N-dealkylation sites (tertiary alicyclic amines) is 1. The highest BCUT2D eigenvalue weighted by Crippen LogP contribution is 2.28. The fraction of sp³-hybridized carbons (Fsp3) is 0.533. The van der Waals surface area contributed by atoms with Gasteiger partial charge in [-0.1, -0.05) is 13.3 Å². The van der Waals surface area contributed by atoms with Gasteiger partial charge in [0, 0.05) is 24.2 Å². The van der Waals surface area contributed by atoms with Gasteiger partial charge in [0.1, 0.15) is 0 Å². The van der Waals surface area contributed by atoms with Crippen molar-refractivity contribution in [1.29, 1.82) is 0 Å². The van der Waals surface area contributed by atoms with Gasteiger partial charge in [0.05, 0.1) is 9.40 Å². The van der Waals surface area contributed by atoms with Crippen LogP contribution in [0.4, 0.5) is 5.69 Å². The van der Waals surface area contributed by atoms with E-state index < -0.39 is 4.92 Å². The number of nitro groups is 1. The Balaban J connectivity index is 2.26.